The maximum absolute atomic E-state index is 13.2. The van der Waals surface area contributed by atoms with Crippen LogP contribution in [0, 0.1) is 6.92 Å². The summed E-state index contributed by atoms with van der Waals surface area (Å²) in [5.74, 6) is 0.555. The molecule has 3 heterocycles. The first kappa shape index (κ1) is 16.5. The van der Waals surface area contributed by atoms with Gasteiger partial charge in [-0.2, -0.15) is 5.10 Å². The summed E-state index contributed by atoms with van der Waals surface area (Å²) in [6.45, 7) is 9.68. The molecule has 1 aliphatic heterocycles. The Labute approximate surface area is 148 Å². The van der Waals surface area contributed by atoms with E-state index in [4.69, 9.17) is 15.8 Å². The zero-order chi connectivity index (χ0) is 17.9. The number of nitrogens with two attached hydrogens (primary N) is 1. The van der Waals surface area contributed by atoms with Crippen LogP contribution < -0.4 is 5.73 Å². The zero-order valence-electron chi connectivity index (χ0n) is 15.5. The second-order valence-electron chi connectivity index (χ2n) is 8.54. The van der Waals surface area contributed by atoms with E-state index in [1.807, 2.05) is 22.6 Å². The normalized spacial score (nSPS) is 21.3. The van der Waals surface area contributed by atoms with Crippen molar-refractivity contribution in [1.82, 2.24) is 19.7 Å². The van der Waals surface area contributed by atoms with Crippen molar-refractivity contribution in [2.75, 3.05) is 13.1 Å². The lowest BCUT2D eigenvalue weighted by molar-refractivity contribution is 0.0792. The highest BCUT2D eigenvalue weighted by molar-refractivity contribution is 6.06. The van der Waals surface area contributed by atoms with Crippen molar-refractivity contribution >= 4 is 16.9 Å². The molecule has 0 bridgehead atoms. The summed E-state index contributed by atoms with van der Waals surface area (Å²) in [7, 11) is 0. The third-order valence-electron chi connectivity index (χ3n) is 5.21. The summed E-state index contributed by atoms with van der Waals surface area (Å²) in [5, 5.41) is 5.62. The van der Waals surface area contributed by atoms with Crippen LogP contribution in [-0.2, 0) is 5.54 Å². The molecule has 1 atom stereocenters. The first-order valence-corrected chi connectivity index (χ1v) is 9.21. The Hall–Kier alpha value is -1.95. The number of carbonyl (C=O) groups is 1. The van der Waals surface area contributed by atoms with E-state index in [9.17, 15) is 4.79 Å². The summed E-state index contributed by atoms with van der Waals surface area (Å²) in [6.07, 6.45) is 3.18. The van der Waals surface area contributed by atoms with Gasteiger partial charge in [0.2, 0.25) is 0 Å². The van der Waals surface area contributed by atoms with Gasteiger partial charge in [-0.05, 0) is 53.0 Å². The lowest BCUT2D eigenvalue weighted by Gasteiger charge is -2.21. The van der Waals surface area contributed by atoms with Gasteiger partial charge in [-0.1, -0.05) is 0 Å². The molecule has 0 radical (unpaired) electrons. The Balaban J connectivity index is 1.90. The summed E-state index contributed by atoms with van der Waals surface area (Å²) in [5.41, 5.74) is 9.31. The number of hydrogen-bond donors (Lipinski definition) is 1. The highest BCUT2D eigenvalue weighted by atomic mass is 16.2. The van der Waals surface area contributed by atoms with Crippen molar-refractivity contribution in [1.29, 1.82) is 0 Å². The number of nitrogens with zero attached hydrogens (tertiary/aromatic N) is 4. The van der Waals surface area contributed by atoms with Crippen molar-refractivity contribution in [3.8, 4) is 0 Å². The molecule has 0 unspecified atom stereocenters. The summed E-state index contributed by atoms with van der Waals surface area (Å²) in [4.78, 5) is 20.0. The maximum Gasteiger partial charge on any atom is 0.254 e. The van der Waals surface area contributed by atoms with Gasteiger partial charge in [0, 0.05) is 30.7 Å². The van der Waals surface area contributed by atoms with Gasteiger partial charge in [-0.15, -0.1) is 0 Å². The molecular weight excluding hydrogens is 314 g/mol. The van der Waals surface area contributed by atoms with E-state index in [0.717, 1.165) is 53.8 Å². The molecule has 134 valence electrons. The largest absolute Gasteiger partial charge is 0.337 e. The molecule has 2 fully saturated rings. The zero-order valence-corrected chi connectivity index (χ0v) is 15.5. The van der Waals surface area contributed by atoms with Crippen LogP contribution in [0.2, 0.25) is 0 Å². The molecule has 0 aromatic carbocycles. The van der Waals surface area contributed by atoms with Crippen molar-refractivity contribution in [2.45, 2.75) is 64.5 Å². The van der Waals surface area contributed by atoms with Gasteiger partial charge < -0.3 is 10.6 Å². The van der Waals surface area contributed by atoms with Crippen LogP contribution >= 0.6 is 0 Å². The van der Waals surface area contributed by atoms with Crippen LogP contribution in [0.3, 0.4) is 0 Å². The summed E-state index contributed by atoms with van der Waals surface area (Å²) >= 11 is 0. The molecule has 6 heteroatoms. The fourth-order valence-electron chi connectivity index (χ4n) is 3.68. The van der Waals surface area contributed by atoms with E-state index >= 15 is 0 Å². The van der Waals surface area contributed by atoms with Crippen molar-refractivity contribution in [2.24, 2.45) is 5.73 Å². The molecule has 1 saturated heterocycles. The first-order chi connectivity index (χ1) is 11.8. The van der Waals surface area contributed by atoms with Gasteiger partial charge in [-0.3, -0.25) is 4.79 Å². The summed E-state index contributed by atoms with van der Waals surface area (Å²) < 4.78 is 1.97. The van der Waals surface area contributed by atoms with E-state index in [2.05, 4.69) is 20.8 Å². The second kappa shape index (κ2) is 5.53. The first-order valence-electron chi connectivity index (χ1n) is 9.21. The standard InChI is InChI=1S/C19H27N5O/c1-11-16-14(18(25)23-8-7-13(20)10-23)9-15(12-5-6-12)21-17(16)24(22-11)19(2,3)4/h9,12-13H,5-8,10,20H2,1-4H3/t13-/m1/s1. The number of rotatable bonds is 2. The van der Waals surface area contributed by atoms with Gasteiger partial charge in [0.25, 0.3) is 5.91 Å². The minimum atomic E-state index is -0.183. The van der Waals surface area contributed by atoms with Gasteiger partial charge in [-0.25, -0.2) is 9.67 Å². The number of carbonyl (C=O) groups excluding carboxylic acids is 1. The minimum absolute atomic E-state index is 0.0683. The minimum Gasteiger partial charge on any atom is -0.337 e. The molecule has 4 rings (SSSR count). The monoisotopic (exact) mass is 341 g/mol. The number of amides is 1. The topological polar surface area (TPSA) is 77.0 Å². The molecule has 2 aromatic heterocycles. The van der Waals surface area contributed by atoms with Crippen LogP contribution in [0.1, 0.15) is 67.7 Å². The SMILES string of the molecule is Cc1nn(C(C)(C)C)c2nc(C3CC3)cc(C(=O)N3CC[C@@H](N)C3)c12. The van der Waals surface area contributed by atoms with Crippen molar-refractivity contribution in [3.63, 3.8) is 0 Å². The fraction of sp³-hybridized carbons (Fsp3) is 0.632. The number of likely N-dealkylation sites (tertiary alicyclic amines) is 1. The van der Waals surface area contributed by atoms with E-state index in [1.165, 1.54) is 0 Å². The average Bonchev–Trinajstić information content (AvgIpc) is 3.22. The molecule has 1 aliphatic carbocycles. The van der Waals surface area contributed by atoms with E-state index in [0.29, 0.717) is 12.5 Å². The van der Waals surface area contributed by atoms with E-state index < -0.39 is 0 Å². The maximum atomic E-state index is 13.2. The molecule has 2 aromatic rings. The Bertz CT molecular complexity index is 844. The van der Waals surface area contributed by atoms with Crippen LogP contribution in [0.4, 0.5) is 0 Å². The van der Waals surface area contributed by atoms with E-state index in [-0.39, 0.29) is 17.5 Å². The number of hydrogen-bond acceptors (Lipinski definition) is 4. The van der Waals surface area contributed by atoms with Gasteiger partial charge in [0.05, 0.1) is 22.2 Å². The third kappa shape index (κ3) is 2.82. The Morgan fingerprint density at radius 1 is 1.28 bits per heavy atom. The lowest BCUT2D eigenvalue weighted by atomic mass is 10.1. The predicted octanol–water partition coefficient (Wildman–Crippen LogP) is 2.55. The Kier molecular flexibility index (Phi) is 3.65. The number of fused-ring (bicyclic) bond motifs is 1. The van der Waals surface area contributed by atoms with Gasteiger partial charge in [0.1, 0.15) is 0 Å². The molecule has 2 N–H and O–H groups in total. The molecule has 2 aliphatic rings. The smallest absolute Gasteiger partial charge is 0.254 e. The van der Waals surface area contributed by atoms with Gasteiger partial charge >= 0.3 is 0 Å². The molecule has 1 saturated carbocycles. The quantitative estimate of drug-likeness (QED) is 0.910. The predicted molar refractivity (Wildman–Crippen MR) is 97.7 cm³/mol. The van der Waals surface area contributed by atoms with Crippen LogP contribution in [0.15, 0.2) is 6.07 Å². The molecule has 6 nitrogen and oxygen atoms in total. The van der Waals surface area contributed by atoms with Crippen molar-refractivity contribution in [3.05, 3.63) is 23.0 Å². The van der Waals surface area contributed by atoms with Crippen LogP contribution in [0.5, 0.6) is 0 Å². The third-order valence-corrected chi connectivity index (χ3v) is 5.21. The van der Waals surface area contributed by atoms with Crippen LogP contribution in [-0.4, -0.2) is 44.7 Å². The number of aryl methyl sites for hydroxylation is 1. The average molecular weight is 341 g/mol. The molecule has 25 heavy (non-hydrogen) atoms. The second-order valence-corrected chi connectivity index (χ2v) is 8.54. The lowest BCUT2D eigenvalue weighted by Crippen LogP contribution is -2.32. The Morgan fingerprint density at radius 2 is 2.00 bits per heavy atom. The molecule has 1 amide bonds. The summed E-state index contributed by atoms with van der Waals surface area (Å²) in [6, 6.07) is 2.09. The number of aromatic nitrogens is 3. The Morgan fingerprint density at radius 3 is 2.56 bits per heavy atom. The number of pyridine rings is 1. The fourth-order valence-corrected chi connectivity index (χ4v) is 3.68. The molecule has 0 spiro atoms. The molecular formula is C19H27N5O. The van der Waals surface area contributed by atoms with Crippen LogP contribution in [0.25, 0.3) is 11.0 Å². The highest BCUT2D eigenvalue weighted by Gasteiger charge is 2.32. The van der Waals surface area contributed by atoms with Gasteiger partial charge in [0.15, 0.2) is 5.65 Å². The van der Waals surface area contributed by atoms with Crippen molar-refractivity contribution < 1.29 is 4.79 Å². The highest BCUT2D eigenvalue weighted by Crippen LogP contribution is 2.41. The van der Waals surface area contributed by atoms with E-state index in [1.54, 1.807) is 0 Å².